The average molecular weight is 214 g/mol. The Balaban J connectivity index is 3.19. The van der Waals surface area contributed by atoms with Crippen LogP contribution in [0.4, 0.5) is 0 Å². The van der Waals surface area contributed by atoms with Crippen molar-refractivity contribution >= 4 is 5.91 Å². The molecule has 0 rings (SSSR count). The van der Waals surface area contributed by atoms with Gasteiger partial charge in [0.2, 0.25) is 5.91 Å². The van der Waals surface area contributed by atoms with E-state index in [2.05, 4.69) is 31.4 Å². The predicted molar refractivity (Wildman–Crippen MR) is 64.9 cm³/mol. The van der Waals surface area contributed by atoms with Gasteiger partial charge in [0.25, 0.3) is 0 Å². The molecule has 1 amide bonds. The lowest BCUT2D eigenvalue weighted by atomic mass is 10.1. The number of hydrogen-bond acceptors (Lipinski definition) is 2. The molecule has 15 heavy (non-hydrogen) atoms. The van der Waals surface area contributed by atoms with Crippen molar-refractivity contribution in [3.05, 3.63) is 0 Å². The highest BCUT2D eigenvalue weighted by Crippen LogP contribution is 2.01. The summed E-state index contributed by atoms with van der Waals surface area (Å²) >= 11 is 0. The van der Waals surface area contributed by atoms with E-state index in [1.165, 1.54) is 19.3 Å². The van der Waals surface area contributed by atoms with Gasteiger partial charge in [0.1, 0.15) is 0 Å². The van der Waals surface area contributed by atoms with Crippen LogP contribution in [-0.2, 0) is 4.79 Å². The second-order valence-corrected chi connectivity index (χ2v) is 4.27. The molecule has 0 saturated heterocycles. The minimum Gasteiger partial charge on any atom is -0.355 e. The normalized spacial score (nSPS) is 10.7. The highest BCUT2D eigenvalue weighted by atomic mass is 16.1. The maximum atomic E-state index is 11.3. The Hall–Kier alpha value is -0.570. The molecule has 0 aliphatic carbocycles. The Labute approximate surface area is 94.0 Å². The molecule has 90 valence electrons. The first-order valence-corrected chi connectivity index (χ1v) is 6.17. The Morgan fingerprint density at radius 3 is 2.47 bits per heavy atom. The van der Waals surface area contributed by atoms with Crippen molar-refractivity contribution in [3.63, 3.8) is 0 Å². The van der Waals surface area contributed by atoms with Crippen molar-refractivity contribution in [2.45, 2.75) is 58.9 Å². The second kappa shape index (κ2) is 9.97. The lowest BCUT2D eigenvalue weighted by molar-refractivity contribution is -0.121. The topological polar surface area (TPSA) is 41.1 Å². The Kier molecular flexibility index (Phi) is 9.59. The third-order valence-electron chi connectivity index (χ3n) is 2.26. The number of nitrogens with one attached hydrogen (secondary N) is 2. The van der Waals surface area contributed by atoms with E-state index < -0.39 is 0 Å². The molecule has 0 aliphatic heterocycles. The van der Waals surface area contributed by atoms with Crippen molar-refractivity contribution in [1.29, 1.82) is 0 Å². The van der Waals surface area contributed by atoms with E-state index in [4.69, 9.17) is 0 Å². The van der Waals surface area contributed by atoms with Crippen LogP contribution in [0.3, 0.4) is 0 Å². The zero-order valence-electron chi connectivity index (χ0n) is 10.4. The first-order chi connectivity index (χ1) is 7.16. The summed E-state index contributed by atoms with van der Waals surface area (Å²) in [6.45, 7) is 7.99. The van der Waals surface area contributed by atoms with Gasteiger partial charge < -0.3 is 10.6 Å². The number of hydrogen-bond donors (Lipinski definition) is 2. The highest BCUT2D eigenvalue weighted by Gasteiger charge is 1.99. The van der Waals surface area contributed by atoms with Crippen molar-refractivity contribution in [2.24, 2.45) is 0 Å². The summed E-state index contributed by atoms with van der Waals surface area (Å²) < 4.78 is 0. The minimum absolute atomic E-state index is 0.191. The summed E-state index contributed by atoms with van der Waals surface area (Å²) in [5.41, 5.74) is 0. The van der Waals surface area contributed by atoms with E-state index in [1.54, 1.807) is 0 Å². The van der Waals surface area contributed by atoms with Gasteiger partial charge in [-0.1, -0.05) is 40.0 Å². The Morgan fingerprint density at radius 2 is 1.87 bits per heavy atom. The van der Waals surface area contributed by atoms with Gasteiger partial charge in [0.05, 0.1) is 0 Å². The summed E-state index contributed by atoms with van der Waals surface area (Å²) in [7, 11) is 0. The van der Waals surface area contributed by atoms with Gasteiger partial charge in [-0.25, -0.2) is 0 Å². The number of rotatable bonds is 9. The second-order valence-electron chi connectivity index (χ2n) is 4.27. The van der Waals surface area contributed by atoms with Gasteiger partial charge >= 0.3 is 0 Å². The molecule has 0 bridgehead atoms. The van der Waals surface area contributed by atoms with E-state index >= 15 is 0 Å². The van der Waals surface area contributed by atoms with E-state index in [0.717, 1.165) is 19.5 Å². The van der Waals surface area contributed by atoms with Gasteiger partial charge in [0, 0.05) is 25.6 Å². The van der Waals surface area contributed by atoms with E-state index in [1.807, 2.05) is 0 Å². The first-order valence-electron chi connectivity index (χ1n) is 6.17. The van der Waals surface area contributed by atoms with E-state index in [9.17, 15) is 4.79 Å². The van der Waals surface area contributed by atoms with Crippen LogP contribution in [0.25, 0.3) is 0 Å². The van der Waals surface area contributed by atoms with Crippen molar-refractivity contribution in [3.8, 4) is 0 Å². The molecule has 2 N–H and O–H groups in total. The summed E-state index contributed by atoms with van der Waals surface area (Å²) in [4.78, 5) is 11.3. The summed E-state index contributed by atoms with van der Waals surface area (Å²) in [6.07, 6.45) is 5.34. The third-order valence-corrected chi connectivity index (χ3v) is 2.26. The molecule has 0 aromatic carbocycles. The predicted octanol–water partition coefficient (Wildman–Crippen LogP) is 2.07. The quantitative estimate of drug-likeness (QED) is 0.577. The first kappa shape index (κ1) is 14.4. The smallest absolute Gasteiger partial charge is 0.220 e. The van der Waals surface area contributed by atoms with Crippen molar-refractivity contribution in [1.82, 2.24) is 10.6 Å². The molecule has 0 heterocycles. The van der Waals surface area contributed by atoms with Crippen LogP contribution in [0.2, 0.25) is 0 Å². The standard InChI is InChI=1S/C12H26N2O/c1-4-5-6-7-8-12(15)14-10-9-13-11(2)3/h11,13H,4-10H2,1-3H3,(H,14,15). The number of carbonyl (C=O) groups is 1. The maximum absolute atomic E-state index is 11.3. The van der Waals surface area contributed by atoms with Gasteiger partial charge in [-0.3, -0.25) is 4.79 Å². The number of unbranched alkanes of at least 4 members (excludes halogenated alkanes) is 3. The zero-order valence-corrected chi connectivity index (χ0v) is 10.4. The molecule has 0 aliphatic rings. The fourth-order valence-corrected chi connectivity index (χ4v) is 1.36. The highest BCUT2D eigenvalue weighted by molar-refractivity contribution is 5.75. The summed E-state index contributed by atoms with van der Waals surface area (Å²) in [6, 6.07) is 0.492. The lowest BCUT2D eigenvalue weighted by Gasteiger charge is -2.08. The minimum atomic E-state index is 0.191. The van der Waals surface area contributed by atoms with Crippen LogP contribution in [0.15, 0.2) is 0 Å². The molecule has 0 radical (unpaired) electrons. The van der Waals surface area contributed by atoms with Crippen molar-refractivity contribution in [2.75, 3.05) is 13.1 Å². The van der Waals surface area contributed by atoms with Gasteiger partial charge in [0.15, 0.2) is 0 Å². The van der Waals surface area contributed by atoms with E-state index in [0.29, 0.717) is 12.5 Å². The molecule has 0 spiro atoms. The molecular formula is C12H26N2O. The molecule has 0 fully saturated rings. The van der Waals surface area contributed by atoms with Crippen molar-refractivity contribution < 1.29 is 4.79 Å². The summed E-state index contributed by atoms with van der Waals surface area (Å²) in [5, 5.41) is 6.18. The number of carbonyl (C=O) groups excluding carboxylic acids is 1. The molecule has 0 atom stereocenters. The molecule has 0 aromatic rings. The van der Waals surface area contributed by atoms with Crippen LogP contribution in [0, 0.1) is 0 Å². The van der Waals surface area contributed by atoms with Gasteiger partial charge in [-0.15, -0.1) is 0 Å². The van der Waals surface area contributed by atoms with Crippen LogP contribution in [0.1, 0.15) is 52.9 Å². The SMILES string of the molecule is CCCCCCC(=O)NCCNC(C)C. The van der Waals surface area contributed by atoms with Gasteiger partial charge in [-0.05, 0) is 6.42 Å². The molecule has 0 unspecified atom stereocenters. The lowest BCUT2D eigenvalue weighted by Crippen LogP contribution is -2.34. The van der Waals surface area contributed by atoms with Crippen LogP contribution < -0.4 is 10.6 Å². The Morgan fingerprint density at radius 1 is 1.13 bits per heavy atom. The largest absolute Gasteiger partial charge is 0.355 e. The van der Waals surface area contributed by atoms with Crippen LogP contribution in [-0.4, -0.2) is 25.0 Å². The zero-order chi connectivity index (χ0) is 11.5. The van der Waals surface area contributed by atoms with Crippen LogP contribution >= 0.6 is 0 Å². The fraction of sp³-hybridized carbons (Fsp3) is 0.917. The third kappa shape index (κ3) is 11.4. The maximum Gasteiger partial charge on any atom is 0.220 e. The van der Waals surface area contributed by atoms with Gasteiger partial charge in [-0.2, -0.15) is 0 Å². The number of amides is 1. The monoisotopic (exact) mass is 214 g/mol. The van der Waals surface area contributed by atoms with Crippen LogP contribution in [0.5, 0.6) is 0 Å². The Bertz CT molecular complexity index is 158. The molecule has 0 saturated carbocycles. The fourth-order valence-electron chi connectivity index (χ4n) is 1.36. The molecule has 3 heteroatoms. The average Bonchev–Trinajstić information content (AvgIpc) is 2.19. The molecule has 0 aromatic heterocycles. The molecular weight excluding hydrogens is 188 g/mol. The summed E-state index contributed by atoms with van der Waals surface area (Å²) in [5.74, 6) is 0.191. The molecule has 3 nitrogen and oxygen atoms in total. The van der Waals surface area contributed by atoms with E-state index in [-0.39, 0.29) is 5.91 Å².